The molecule has 0 spiro atoms. The largest absolute Gasteiger partial charge is 0.506 e. The number of aromatic hydroxyl groups is 1. The number of benzene rings is 1. The zero-order valence-corrected chi connectivity index (χ0v) is 11.7. The van der Waals surface area contributed by atoms with Crippen LogP contribution in [0.3, 0.4) is 0 Å². The van der Waals surface area contributed by atoms with E-state index in [2.05, 4.69) is 29.5 Å². The summed E-state index contributed by atoms with van der Waals surface area (Å²) in [5.74, 6) is 0.728. The van der Waals surface area contributed by atoms with Gasteiger partial charge >= 0.3 is 0 Å². The molecule has 0 bridgehead atoms. The molecule has 0 amide bonds. The van der Waals surface area contributed by atoms with Gasteiger partial charge < -0.3 is 5.11 Å². The molecule has 0 saturated carbocycles. The zero-order valence-electron chi connectivity index (χ0n) is 9.51. The van der Waals surface area contributed by atoms with Crippen molar-refractivity contribution in [3.63, 3.8) is 0 Å². The van der Waals surface area contributed by atoms with Gasteiger partial charge in [-0.15, -0.1) is 0 Å². The summed E-state index contributed by atoms with van der Waals surface area (Å²) >= 11 is 2.08. The minimum atomic E-state index is 0.104. The zero-order chi connectivity index (χ0) is 11.9. The molecule has 16 heavy (non-hydrogen) atoms. The van der Waals surface area contributed by atoms with Crippen LogP contribution in [0.1, 0.15) is 41.3 Å². The molecule has 86 valence electrons. The standard InChI is InChI=1S/C13H15IO2/c1-3-8-5-9-7(2)4-10(14)13(16)12(9)11(15)6-8/h4,8,16H,3,5-6H2,1-2H3/t8-/m1/s1. The number of halogens is 1. The summed E-state index contributed by atoms with van der Waals surface area (Å²) in [5.41, 5.74) is 2.76. The fraction of sp³-hybridized carbons (Fsp3) is 0.462. The first kappa shape index (κ1) is 11.9. The molecule has 0 heterocycles. The Bertz CT molecular complexity index is 452. The van der Waals surface area contributed by atoms with Crippen molar-refractivity contribution in [2.45, 2.75) is 33.1 Å². The van der Waals surface area contributed by atoms with E-state index in [1.54, 1.807) is 0 Å². The van der Waals surface area contributed by atoms with Crippen molar-refractivity contribution >= 4 is 28.4 Å². The van der Waals surface area contributed by atoms with Gasteiger partial charge in [0, 0.05) is 6.42 Å². The molecule has 1 aromatic rings. The van der Waals surface area contributed by atoms with Crippen LogP contribution < -0.4 is 0 Å². The lowest BCUT2D eigenvalue weighted by atomic mass is 9.79. The smallest absolute Gasteiger partial charge is 0.167 e. The molecule has 0 aromatic heterocycles. The van der Waals surface area contributed by atoms with Gasteiger partial charge in [0.25, 0.3) is 0 Å². The molecule has 2 rings (SSSR count). The average Bonchev–Trinajstić information content (AvgIpc) is 2.25. The molecule has 1 N–H and O–H groups in total. The number of phenolic OH excluding ortho intramolecular Hbond substituents is 1. The Balaban J connectivity index is 2.60. The van der Waals surface area contributed by atoms with E-state index in [0.29, 0.717) is 17.9 Å². The van der Waals surface area contributed by atoms with Crippen LogP contribution in [0.2, 0.25) is 0 Å². The minimum absolute atomic E-state index is 0.104. The molecule has 0 unspecified atom stereocenters. The van der Waals surface area contributed by atoms with E-state index in [1.165, 1.54) is 0 Å². The summed E-state index contributed by atoms with van der Waals surface area (Å²) in [4.78, 5) is 12.0. The maximum Gasteiger partial charge on any atom is 0.167 e. The van der Waals surface area contributed by atoms with Crippen molar-refractivity contribution in [3.8, 4) is 5.75 Å². The SMILES string of the molecule is CC[C@H]1CC(=O)c2c(O)c(I)cc(C)c2C1. The number of fused-ring (bicyclic) bond motifs is 1. The van der Waals surface area contributed by atoms with Crippen molar-refractivity contribution in [2.75, 3.05) is 0 Å². The van der Waals surface area contributed by atoms with Crippen LogP contribution in [-0.2, 0) is 6.42 Å². The first-order valence-electron chi connectivity index (χ1n) is 5.58. The van der Waals surface area contributed by atoms with E-state index in [4.69, 9.17) is 0 Å². The summed E-state index contributed by atoms with van der Waals surface area (Å²) in [5, 5.41) is 9.97. The maximum absolute atomic E-state index is 12.0. The fourth-order valence-electron chi connectivity index (χ4n) is 2.38. The lowest BCUT2D eigenvalue weighted by Crippen LogP contribution is -2.21. The Morgan fingerprint density at radius 3 is 2.81 bits per heavy atom. The van der Waals surface area contributed by atoms with Crippen LogP contribution in [0.15, 0.2) is 6.07 Å². The molecule has 1 aromatic carbocycles. The average molecular weight is 330 g/mol. The number of carbonyl (C=O) groups excluding carboxylic acids is 1. The van der Waals surface area contributed by atoms with Gasteiger partial charge in [-0.05, 0) is 59.0 Å². The Kier molecular flexibility index (Phi) is 3.24. The fourth-order valence-corrected chi connectivity index (χ4v) is 3.12. The van der Waals surface area contributed by atoms with Crippen molar-refractivity contribution < 1.29 is 9.90 Å². The maximum atomic E-state index is 12.0. The second-order valence-corrected chi connectivity index (χ2v) is 5.65. The molecule has 1 aliphatic rings. The topological polar surface area (TPSA) is 37.3 Å². The lowest BCUT2D eigenvalue weighted by Gasteiger charge is -2.25. The van der Waals surface area contributed by atoms with Gasteiger partial charge in [0.1, 0.15) is 5.75 Å². The van der Waals surface area contributed by atoms with Crippen molar-refractivity contribution in [3.05, 3.63) is 26.3 Å². The molecule has 1 atom stereocenters. The van der Waals surface area contributed by atoms with Crippen molar-refractivity contribution in [1.82, 2.24) is 0 Å². The molecule has 0 fully saturated rings. The first-order chi connectivity index (χ1) is 7.54. The second-order valence-electron chi connectivity index (χ2n) is 4.48. The summed E-state index contributed by atoms with van der Waals surface area (Å²) in [6.45, 7) is 4.14. The summed E-state index contributed by atoms with van der Waals surface area (Å²) in [6, 6.07) is 1.96. The van der Waals surface area contributed by atoms with Gasteiger partial charge in [0.05, 0.1) is 9.13 Å². The molecule has 1 aliphatic carbocycles. The molecule has 0 aliphatic heterocycles. The third kappa shape index (κ3) is 1.85. The van der Waals surface area contributed by atoms with Gasteiger partial charge in [0.2, 0.25) is 0 Å². The van der Waals surface area contributed by atoms with Crippen molar-refractivity contribution in [1.29, 1.82) is 0 Å². The third-order valence-corrected chi connectivity index (χ3v) is 4.23. The third-order valence-electron chi connectivity index (χ3n) is 3.41. The molecule has 0 radical (unpaired) electrons. The predicted octanol–water partition coefficient (Wildman–Crippen LogP) is 3.46. The van der Waals surface area contributed by atoms with Crippen LogP contribution >= 0.6 is 22.6 Å². The van der Waals surface area contributed by atoms with Crippen LogP contribution in [0, 0.1) is 16.4 Å². The number of carbonyl (C=O) groups is 1. The number of hydrogen-bond donors (Lipinski definition) is 1. The molecule has 2 nitrogen and oxygen atoms in total. The number of ketones is 1. The van der Waals surface area contributed by atoms with Crippen LogP contribution in [0.4, 0.5) is 0 Å². The van der Waals surface area contributed by atoms with Gasteiger partial charge in [-0.3, -0.25) is 4.79 Å². The lowest BCUT2D eigenvalue weighted by molar-refractivity contribution is 0.0944. The van der Waals surface area contributed by atoms with E-state index >= 15 is 0 Å². The quantitative estimate of drug-likeness (QED) is 0.801. The van der Waals surface area contributed by atoms with Gasteiger partial charge in [-0.2, -0.15) is 0 Å². The highest BCUT2D eigenvalue weighted by atomic mass is 127. The highest BCUT2D eigenvalue weighted by Gasteiger charge is 2.28. The van der Waals surface area contributed by atoms with Gasteiger partial charge in [-0.25, -0.2) is 0 Å². The van der Waals surface area contributed by atoms with E-state index < -0.39 is 0 Å². The Hall–Kier alpha value is -0.580. The van der Waals surface area contributed by atoms with E-state index in [-0.39, 0.29) is 11.5 Å². The summed E-state index contributed by atoms with van der Waals surface area (Å²) in [6.07, 6.45) is 2.53. The normalized spacial score (nSPS) is 19.7. The predicted molar refractivity (Wildman–Crippen MR) is 72.0 cm³/mol. The molecule has 3 heteroatoms. The van der Waals surface area contributed by atoms with Gasteiger partial charge in [0.15, 0.2) is 5.78 Å². The highest BCUT2D eigenvalue weighted by molar-refractivity contribution is 14.1. The minimum Gasteiger partial charge on any atom is -0.506 e. The van der Waals surface area contributed by atoms with E-state index in [9.17, 15) is 9.90 Å². The Morgan fingerprint density at radius 2 is 2.19 bits per heavy atom. The number of hydrogen-bond acceptors (Lipinski definition) is 2. The van der Waals surface area contributed by atoms with E-state index in [1.807, 2.05) is 13.0 Å². The van der Waals surface area contributed by atoms with Crippen molar-refractivity contribution in [2.24, 2.45) is 5.92 Å². The monoisotopic (exact) mass is 330 g/mol. The highest BCUT2D eigenvalue weighted by Crippen LogP contribution is 2.37. The van der Waals surface area contributed by atoms with E-state index in [0.717, 1.165) is 27.5 Å². The summed E-state index contributed by atoms with van der Waals surface area (Å²) in [7, 11) is 0. The molecular formula is C13H15IO2. The Morgan fingerprint density at radius 1 is 1.50 bits per heavy atom. The Labute approximate surface area is 109 Å². The van der Waals surface area contributed by atoms with Crippen LogP contribution in [0.5, 0.6) is 5.75 Å². The molecule has 0 saturated heterocycles. The van der Waals surface area contributed by atoms with Crippen LogP contribution in [0.25, 0.3) is 0 Å². The number of Topliss-reactive ketones (excluding diaryl/α,β-unsaturated/α-hetero) is 1. The number of rotatable bonds is 1. The number of aryl methyl sites for hydroxylation is 1. The number of phenols is 1. The summed E-state index contributed by atoms with van der Waals surface area (Å²) < 4.78 is 0.775. The second kappa shape index (κ2) is 4.35. The molecular weight excluding hydrogens is 315 g/mol. The van der Waals surface area contributed by atoms with Gasteiger partial charge in [-0.1, -0.05) is 13.3 Å². The first-order valence-corrected chi connectivity index (χ1v) is 6.66. The van der Waals surface area contributed by atoms with Crippen LogP contribution in [-0.4, -0.2) is 10.9 Å².